The van der Waals surface area contributed by atoms with E-state index in [1.165, 1.54) is 20.3 Å². The Bertz CT molecular complexity index is 1080. The molecule has 0 aromatic heterocycles. The van der Waals surface area contributed by atoms with Crippen LogP contribution in [0, 0.1) is 5.92 Å². The number of aliphatic hydroxyl groups is 1. The van der Waals surface area contributed by atoms with Gasteiger partial charge in [-0.1, -0.05) is 83.1 Å². The van der Waals surface area contributed by atoms with Gasteiger partial charge in [-0.15, -0.1) is 0 Å². The summed E-state index contributed by atoms with van der Waals surface area (Å²) in [6.45, 7) is 4.61. The Morgan fingerprint density at radius 1 is 0.854 bits per heavy atom. The van der Waals surface area contributed by atoms with E-state index < -0.39 is 41.3 Å². The van der Waals surface area contributed by atoms with Crippen LogP contribution in [0.15, 0.2) is 36.4 Å². The fourth-order valence-electron chi connectivity index (χ4n) is 5.35. The lowest BCUT2D eigenvalue weighted by Crippen LogP contribution is -2.55. The summed E-state index contributed by atoms with van der Waals surface area (Å²) < 4.78 is 44.0. The van der Waals surface area contributed by atoms with Crippen LogP contribution in [0.4, 0.5) is 8.78 Å². The fraction of sp³-hybridized carbons (Fsp3) is 0.703. The number of allylic oxidation sites excluding steroid dienone is 1. The van der Waals surface area contributed by atoms with Gasteiger partial charge in [0, 0.05) is 39.4 Å². The van der Waals surface area contributed by atoms with Crippen LogP contribution >= 0.6 is 0 Å². The highest BCUT2D eigenvalue weighted by Gasteiger charge is 2.47. The van der Waals surface area contributed by atoms with Gasteiger partial charge in [-0.2, -0.15) is 0 Å². The molecular formula is C37H59F2NO8. The first-order valence-electron chi connectivity index (χ1n) is 17.5. The summed E-state index contributed by atoms with van der Waals surface area (Å²) in [6.07, 6.45) is 11.7. The number of ether oxygens (including phenoxy) is 3. The molecule has 11 heteroatoms. The van der Waals surface area contributed by atoms with E-state index >= 15 is 0 Å². The number of hydrogen-bond donors (Lipinski definition) is 3. The van der Waals surface area contributed by atoms with E-state index in [-0.39, 0.29) is 32.3 Å². The second kappa shape index (κ2) is 24.1. The third kappa shape index (κ3) is 16.9. The smallest absolute Gasteiger partial charge is 0.336 e. The predicted octanol–water partition coefficient (Wildman–Crippen LogP) is 7.43. The molecule has 0 aliphatic heterocycles. The molecule has 0 spiro atoms. The molecule has 1 aromatic carbocycles. The van der Waals surface area contributed by atoms with Crippen LogP contribution in [-0.4, -0.2) is 73.1 Å². The number of aliphatic carboxylic acids is 1. The normalized spacial score (nSPS) is 14.3. The third-order valence-corrected chi connectivity index (χ3v) is 8.42. The molecule has 48 heavy (non-hydrogen) atoms. The molecule has 0 radical (unpaired) electrons. The lowest BCUT2D eigenvalue weighted by molar-refractivity contribution is -0.169. The van der Waals surface area contributed by atoms with E-state index in [9.17, 15) is 33.4 Å². The van der Waals surface area contributed by atoms with Crippen LogP contribution < -0.4 is 10.1 Å². The Kier molecular flexibility index (Phi) is 21.6. The van der Waals surface area contributed by atoms with E-state index in [2.05, 4.69) is 19.2 Å². The maximum absolute atomic E-state index is 14.2. The molecule has 0 bridgehead atoms. The molecule has 0 saturated heterocycles. The zero-order chi connectivity index (χ0) is 35.8. The van der Waals surface area contributed by atoms with Crippen molar-refractivity contribution in [3.63, 3.8) is 0 Å². The van der Waals surface area contributed by atoms with Gasteiger partial charge in [0.25, 0.3) is 0 Å². The minimum absolute atomic E-state index is 0.0611. The molecule has 2 unspecified atom stereocenters. The number of amides is 1. The summed E-state index contributed by atoms with van der Waals surface area (Å²) in [5.74, 6) is -6.73. The molecule has 1 rings (SSSR count). The van der Waals surface area contributed by atoms with Gasteiger partial charge < -0.3 is 29.7 Å². The van der Waals surface area contributed by atoms with Crippen LogP contribution in [-0.2, 0) is 30.3 Å². The van der Waals surface area contributed by atoms with Crippen LogP contribution in [0.1, 0.15) is 116 Å². The average Bonchev–Trinajstić information content (AvgIpc) is 3.06. The van der Waals surface area contributed by atoms with Gasteiger partial charge in [-0.05, 0) is 49.8 Å². The second-order valence-electron chi connectivity index (χ2n) is 12.5. The van der Waals surface area contributed by atoms with Crippen molar-refractivity contribution in [2.45, 2.75) is 134 Å². The minimum atomic E-state index is -2.65. The van der Waals surface area contributed by atoms with Gasteiger partial charge >= 0.3 is 11.9 Å². The van der Waals surface area contributed by atoms with Gasteiger partial charge in [0.2, 0.25) is 11.8 Å². The molecule has 0 aliphatic rings. The van der Waals surface area contributed by atoms with E-state index in [4.69, 9.17) is 14.2 Å². The van der Waals surface area contributed by atoms with Crippen molar-refractivity contribution in [1.29, 1.82) is 0 Å². The minimum Gasteiger partial charge on any atom is -0.494 e. The number of benzene rings is 1. The monoisotopic (exact) mass is 683 g/mol. The lowest BCUT2D eigenvalue weighted by Gasteiger charge is -2.30. The standard InChI is InChI=1S/C37H59F2NO8/c1-5-7-9-13-16-23-36(38,39)24-17-14-11-10-12-15-18-31(37(45,35(43)44)25-27-46-3)33(41)40-32(34(42)47-4)28-29-19-21-30(22-20-29)48-26-8-6-2/h15,18-22,31-32,45H,5-14,16-17,23-28H2,1-4H3,(H,40,41)(H,43,44)/t31?,32-,37?/m0/s1. The molecule has 3 atom stereocenters. The fourth-order valence-corrected chi connectivity index (χ4v) is 5.35. The van der Waals surface area contributed by atoms with Crippen LogP contribution in [0.5, 0.6) is 5.75 Å². The van der Waals surface area contributed by atoms with Crippen molar-refractivity contribution in [2.75, 3.05) is 27.4 Å². The van der Waals surface area contributed by atoms with Crippen molar-refractivity contribution in [3.05, 3.63) is 42.0 Å². The molecule has 3 N–H and O–H groups in total. The number of unbranched alkanes of at least 4 members (excludes halogenated alkanes) is 9. The number of rotatable bonds is 28. The SMILES string of the molecule is CCCCCCCC(F)(F)CCCCCCC=CC(C(=O)N[C@@H](Cc1ccc(OCCCC)cc1)C(=O)OC)C(O)(CCOC)C(=O)O. The first-order valence-corrected chi connectivity index (χ1v) is 17.5. The Morgan fingerprint density at radius 2 is 1.46 bits per heavy atom. The lowest BCUT2D eigenvalue weighted by atomic mass is 9.83. The Balaban J connectivity index is 2.88. The van der Waals surface area contributed by atoms with E-state index in [0.29, 0.717) is 56.4 Å². The molecule has 1 aromatic rings. The maximum atomic E-state index is 14.2. The van der Waals surface area contributed by atoms with Crippen molar-refractivity contribution < 1.29 is 47.6 Å². The van der Waals surface area contributed by atoms with Crippen LogP contribution in [0.3, 0.4) is 0 Å². The van der Waals surface area contributed by atoms with Crippen molar-refractivity contribution >= 4 is 17.8 Å². The number of carbonyl (C=O) groups is 3. The number of nitrogens with one attached hydrogen (secondary N) is 1. The van der Waals surface area contributed by atoms with Crippen LogP contribution in [0.2, 0.25) is 0 Å². The Hall–Kier alpha value is -3.05. The second-order valence-corrected chi connectivity index (χ2v) is 12.5. The van der Waals surface area contributed by atoms with Crippen molar-refractivity contribution in [2.24, 2.45) is 5.92 Å². The molecular weight excluding hydrogens is 624 g/mol. The summed E-state index contributed by atoms with van der Waals surface area (Å²) in [5, 5.41) is 23.8. The van der Waals surface area contributed by atoms with Crippen molar-refractivity contribution in [3.8, 4) is 5.75 Å². The van der Waals surface area contributed by atoms with E-state index in [1.807, 2.05) is 0 Å². The summed E-state index contributed by atoms with van der Waals surface area (Å²) in [5.41, 5.74) is -1.81. The third-order valence-electron chi connectivity index (χ3n) is 8.42. The number of carboxylic acid groups (broad SMARTS) is 1. The molecule has 274 valence electrons. The summed E-state index contributed by atoms with van der Waals surface area (Å²) in [7, 11) is 2.54. The van der Waals surface area contributed by atoms with Gasteiger partial charge in [0.15, 0.2) is 5.60 Å². The van der Waals surface area contributed by atoms with E-state index in [1.54, 1.807) is 30.3 Å². The van der Waals surface area contributed by atoms with Gasteiger partial charge in [-0.3, -0.25) is 4.79 Å². The number of halogens is 2. The van der Waals surface area contributed by atoms with Gasteiger partial charge in [0.1, 0.15) is 11.8 Å². The summed E-state index contributed by atoms with van der Waals surface area (Å²) in [6, 6.07) is 5.91. The number of alkyl halides is 2. The van der Waals surface area contributed by atoms with Crippen molar-refractivity contribution in [1.82, 2.24) is 5.32 Å². The highest BCUT2D eigenvalue weighted by Crippen LogP contribution is 2.29. The quantitative estimate of drug-likeness (QED) is 0.0472. The number of carboxylic acids is 1. The van der Waals surface area contributed by atoms with E-state index in [0.717, 1.165) is 38.5 Å². The number of hydrogen-bond acceptors (Lipinski definition) is 7. The molecule has 9 nitrogen and oxygen atoms in total. The molecule has 0 saturated carbocycles. The average molecular weight is 684 g/mol. The largest absolute Gasteiger partial charge is 0.494 e. The molecule has 1 amide bonds. The van der Waals surface area contributed by atoms with Gasteiger partial charge in [-0.25, -0.2) is 18.4 Å². The highest BCUT2D eigenvalue weighted by molar-refractivity contribution is 5.92. The number of esters is 1. The topological polar surface area (TPSA) is 131 Å². The highest BCUT2D eigenvalue weighted by atomic mass is 19.3. The molecule has 0 fully saturated rings. The van der Waals surface area contributed by atoms with Gasteiger partial charge in [0.05, 0.1) is 19.6 Å². The maximum Gasteiger partial charge on any atom is 0.336 e. The van der Waals surface area contributed by atoms with Crippen LogP contribution in [0.25, 0.3) is 0 Å². The summed E-state index contributed by atoms with van der Waals surface area (Å²) in [4.78, 5) is 38.5. The first-order chi connectivity index (χ1) is 22.9. The molecule has 0 heterocycles. The number of methoxy groups -OCH3 is 2. The number of carbonyl (C=O) groups excluding carboxylic acids is 2. The zero-order valence-corrected chi connectivity index (χ0v) is 29.4. The zero-order valence-electron chi connectivity index (χ0n) is 29.4. The summed E-state index contributed by atoms with van der Waals surface area (Å²) >= 11 is 0. The predicted molar refractivity (Wildman–Crippen MR) is 182 cm³/mol. The Labute approximate surface area is 285 Å². The Morgan fingerprint density at radius 3 is 2.02 bits per heavy atom. The first kappa shape index (κ1) is 43.0. The molecule has 0 aliphatic carbocycles.